The lowest BCUT2D eigenvalue weighted by atomic mass is 10.1. The van der Waals surface area contributed by atoms with Crippen LogP contribution >= 0.6 is 0 Å². The fraction of sp³-hybridized carbons (Fsp3) is 0.385. The third kappa shape index (κ3) is 5.37. The zero-order valence-electron chi connectivity index (χ0n) is 14.3. The summed E-state index contributed by atoms with van der Waals surface area (Å²) in [5.41, 5.74) is -0.226. The summed E-state index contributed by atoms with van der Waals surface area (Å²) in [6.07, 6.45) is -1.50. The Balaban J connectivity index is 2.12. The second-order valence-corrected chi connectivity index (χ2v) is 5.28. The molecule has 2 amide bonds. The summed E-state index contributed by atoms with van der Waals surface area (Å²) in [6, 6.07) is 3.98. The van der Waals surface area contributed by atoms with Gasteiger partial charge < -0.3 is 19.2 Å². The van der Waals surface area contributed by atoms with Crippen LogP contribution in [-0.4, -0.2) is 64.4 Å². The highest BCUT2D eigenvalue weighted by Gasteiger charge is 2.38. The molecule has 1 aliphatic heterocycles. The summed E-state index contributed by atoms with van der Waals surface area (Å²) in [6.45, 7) is -2.36. The zero-order valence-corrected chi connectivity index (χ0v) is 14.3. The fourth-order valence-electron chi connectivity index (χ4n) is 2.39. The summed E-state index contributed by atoms with van der Waals surface area (Å²) in [5, 5.41) is 27.5. The minimum atomic E-state index is -1.50. The number of hydrogen-bond acceptors (Lipinski definition) is 12. The number of nitrogens with zero attached hydrogens (tertiary/aromatic N) is 4. The minimum Gasteiger partial charge on any atom is -0.490 e. The van der Waals surface area contributed by atoms with Crippen molar-refractivity contribution in [3.05, 3.63) is 59.7 Å². The second kappa shape index (κ2) is 9.11. The van der Waals surface area contributed by atoms with Gasteiger partial charge >= 0.3 is 0 Å². The standard InChI is InChI=1S/C13H12N4O12/c18-12-9-2-1-3-10(11(9)13(19)14(12)4-5-27-15(20)21)26-6-8(29-17(24)25)7-28-16(22)23/h1-3,8H,4-7H2. The van der Waals surface area contributed by atoms with Crippen LogP contribution in [0.5, 0.6) is 5.75 Å². The van der Waals surface area contributed by atoms with Crippen LogP contribution in [0.25, 0.3) is 0 Å². The lowest BCUT2D eigenvalue weighted by Gasteiger charge is -2.16. The molecule has 1 heterocycles. The van der Waals surface area contributed by atoms with Crippen molar-refractivity contribution in [3.8, 4) is 5.75 Å². The number of carbonyl (C=O) groups excluding carboxylic acids is 2. The van der Waals surface area contributed by atoms with E-state index in [0.29, 0.717) is 4.90 Å². The Hall–Kier alpha value is -4.24. The smallest absolute Gasteiger partial charge is 0.294 e. The van der Waals surface area contributed by atoms with E-state index in [4.69, 9.17) is 4.74 Å². The molecule has 0 bridgehead atoms. The lowest BCUT2D eigenvalue weighted by molar-refractivity contribution is -0.790. The van der Waals surface area contributed by atoms with E-state index >= 15 is 0 Å². The molecule has 0 radical (unpaired) electrons. The monoisotopic (exact) mass is 416 g/mol. The van der Waals surface area contributed by atoms with Gasteiger partial charge in [0.15, 0.2) is 6.10 Å². The highest BCUT2D eigenvalue weighted by molar-refractivity contribution is 6.22. The molecule has 0 spiro atoms. The van der Waals surface area contributed by atoms with Gasteiger partial charge in [0.25, 0.3) is 27.1 Å². The summed E-state index contributed by atoms with van der Waals surface area (Å²) in [5.74, 6) is -1.70. The number of benzene rings is 1. The minimum absolute atomic E-state index is 0.0538. The Morgan fingerprint density at radius 1 is 0.931 bits per heavy atom. The number of imide groups is 1. The van der Waals surface area contributed by atoms with Crippen molar-refractivity contribution in [2.75, 3.05) is 26.4 Å². The van der Waals surface area contributed by atoms with Gasteiger partial charge in [0, 0.05) is 0 Å². The predicted molar refractivity (Wildman–Crippen MR) is 85.1 cm³/mol. The quantitative estimate of drug-likeness (QED) is 0.244. The van der Waals surface area contributed by atoms with Gasteiger partial charge in [-0.15, -0.1) is 30.3 Å². The normalized spacial score (nSPS) is 13.4. The van der Waals surface area contributed by atoms with Crippen molar-refractivity contribution >= 4 is 11.8 Å². The Morgan fingerprint density at radius 3 is 2.24 bits per heavy atom. The van der Waals surface area contributed by atoms with Crippen molar-refractivity contribution in [1.29, 1.82) is 0 Å². The van der Waals surface area contributed by atoms with Gasteiger partial charge in [-0.3, -0.25) is 14.5 Å². The highest BCUT2D eigenvalue weighted by atomic mass is 17.0. The summed E-state index contributed by atoms with van der Waals surface area (Å²) < 4.78 is 5.28. The second-order valence-electron chi connectivity index (χ2n) is 5.28. The molecule has 29 heavy (non-hydrogen) atoms. The Bertz CT molecular complexity index is 843. The van der Waals surface area contributed by atoms with E-state index in [-0.39, 0.29) is 16.9 Å². The van der Waals surface area contributed by atoms with E-state index in [1.165, 1.54) is 18.2 Å². The van der Waals surface area contributed by atoms with E-state index in [1.807, 2.05) is 0 Å². The van der Waals surface area contributed by atoms with Crippen molar-refractivity contribution in [1.82, 2.24) is 4.90 Å². The van der Waals surface area contributed by atoms with Gasteiger partial charge in [0.05, 0.1) is 17.7 Å². The molecule has 156 valence electrons. The maximum Gasteiger partial charge on any atom is 0.294 e. The average molecular weight is 416 g/mol. The van der Waals surface area contributed by atoms with E-state index < -0.39 is 59.5 Å². The first-order valence-corrected chi connectivity index (χ1v) is 7.68. The van der Waals surface area contributed by atoms with Crippen LogP contribution < -0.4 is 4.74 Å². The van der Waals surface area contributed by atoms with Gasteiger partial charge in [-0.1, -0.05) is 6.07 Å². The first-order valence-electron chi connectivity index (χ1n) is 7.68. The molecule has 1 aromatic carbocycles. The Morgan fingerprint density at radius 2 is 1.62 bits per heavy atom. The number of hydrogen-bond donors (Lipinski definition) is 0. The molecular formula is C13H12N4O12. The molecule has 0 fully saturated rings. The van der Waals surface area contributed by atoms with Crippen molar-refractivity contribution in [2.24, 2.45) is 0 Å². The van der Waals surface area contributed by atoms with E-state index in [0.717, 1.165) is 0 Å². The molecule has 0 aromatic heterocycles. The van der Waals surface area contributed by atoms with E-state index in [2.05, 4.69) is 14.5 Å². The number of ether oxygens (including phenoxy) is 1. The fourth-order valence-corrected chi connectivity index (χ4v) is 2.39. The Kier molecular flexibility index (Phi) is 6.62. The van der Waals surface area contributed by atoms with Gasteiger partial charge in [0.1, 0.15) is 25.6 Å². The van der Waals surface area contributed by atoms with Crippen LogP contribution in [0.2, 0.25) is 0 Å². The first-order chi connectivity index (χ1) is 13.7. The van der Waals surface area contributed by atoms with Crippen LogP contribution in [0.15, 0.2) is 18.2 Å². The van der Waals surface area contributed by atoms with E-state index in [1.54, 1.807) is 0 Å². The molecule has 0 aliphatic carbocycles. The highest BCUT2D eigenvalue weighted by Crippen LogP contribution is 2.31. The lowest BCUT2D eigenvalue weighted by Crippen LogP contribution is -2.33. The number of fused-ring (bicyclic) bond motifs is 1. The molecular weight excluding hydrogens is 404 g/mol. The van der Waals surface area contributed by atoms with Crippen LogP contribution in [0.1, 0.15) is 20.7 Å². The largest absolute Gasteiger partial charge is 0.490 e. The van der Waals surface area contributed by atoms with Crippen LogP contribution in [0, 0.1) is 30.3 Å². The molecule has 1 atom stereocenters. The summed E-state index contributed by atoms with van der Waals surface area (Å²) >= 11 is 0. The van der Waals surface area contributed by atoms with E-state index in [9.17, 15) is 39.9 Å². The van der Waals surface area contributed by atoms with Gasteiger partial charge in [-0.25, -0.2) is 0 Å². The topological polar surface area (TPSA) is 204 Å². The first kappa shape index (κ1) is 21.1. The molecule has 2 rings (SSSR count). The van der Waals surface area contributed by atoms with Crippen LogP contribution in [0.4, 0.5) is 0 Å². The van der Waals surface area contributed by atoms with Gasteiger partial charge in [-0.05, 0) is 12.1 Å². The zero-order chi connectivity index (χ0) is 21.6. The molecule has 1 unspecified atom stereocenters. The molecule has 16 heteroatoms. The maximum atomic E-state index is 12.5. The Labute approximate surface area is 159 Å². The predicted octanol–water partition coefficient (Wildman–Crippen LogP) is -0.345. The maximum absolute atomic E-state index is 12.5. The number of rotatable bonds is 12. The van der Waals surface area contributed by atoms with Crippen molar-refractivity contribution in [2.45, 2.75) is 6.10 Å². The molecule has 16 nitrogen and oxygen atoms in total. The average Bonchev–Trinajstić information content (AvgIpc) is 2.88. The third-order valence-electron chi connectivity index (χ3n) is 3.50. The molecule has 0 N–H and O–H groups in total. The number of amides is 2. The number of carbonyl (C=O) groups is 2. The SMILES string of the molecule is O=C1c2cccc(OCC(CO[N+](=O)[O-])O[N+](=O)[O-])c2C(=O)N1CCO[N+](=O)[O-]. The molecule has 1 aromatic rings. The van der Waals surface area contributed by atoms with Crippen LogP contribution in [0.3, 0.4) is 0 Å². The van der Waals surface area contributed by atoms with Gasteiger partial charge in [-0.2, -0.15) is 0 Å². The van der Waals surface area contributed by atoms with Crippen LogP contribution in [-0.2, 0) is 14.5 Å². The molecule has 0 saturated heterocycles. The van der Waals surface area contributed by atoms with Crippen molar-refractivity contribution in [3.63, 3.8) is 0 Å². The molecule has 1 aliphatic rings. The summed E-state index contributed by atoms with van der Waals surface area (Å²) in [4.78, 5) is 68.7. The third-order valence-corrected chi connectivity index (χ3v) is 3.50. The summed E-state index contributed by atoms with van der Waals surface area (Å²) in [7, 11) is 0. The van der Waals surface area contributed by atoms with Gasteiger partial charge in [0.2, 0.25) is 0 Å². The van der Waals surface area contributed by atoms with Crippen molar-refractivity contribution < 1.29 is 44.1 Å². The molecule has 0 saturated carbocycles.